The summed E-state index contributed by atoms with van der Waals surface area (Å²) in [7, 11) is 3.85. The Labute approximate surface area is 146 Å². The number of hydrogen-bond acceptors (Lipinski definition) is 5. The van der Waals surface area contributed by atoms with Crippen LogP contribution in [0.15, 0.2) is 30.5 Å². The molecule has 1 aliphatic rings. The summed E-state index contributed by atoms with van der Waals surface area (Å²) in [6.45, 7) is 2.55. The maximum atomic E-state index is 12.4. The van der Waals surface area contributed by atoms with E-state index in [1.807, 2.05) is 32.0 Å². The fourth-order valence-corrected chi connectivity index (χ4v) is 2.80. The molecule has 130 valence electrons. The number of aryl methyl sites for hydroxylation is 1. The number of anilines is 1. The molecule has 2 aromatic rings. The Hall–Kier alpha value is -2.96. The van der Waals surface area contributed by atoms with Crippen LogP contribution in [0.25, 0.3) is 11.4 Å². The van der Waals surface area contributed by atoms with Crippen LogP contribution >= 0.6 is 0 Å². The molecule has 1 unspecified atom stereocenters. The van der Waals surface area contributed by atoms with Gasteiger partial charge in [0.1, 0.15) is 11.9 Å². The van der Waals surface area contributed by atoms with Gasteiger partial charge in [0.05, 0.1) is 0 Å². The van der Waals surface area contributed by atoms with Gasteiger partial charge in [-0.2, -0.15) is 0 Å². The van der Waals surface area contributed by atoms with Crippen LogP contribution < -0.4 is 15.5 Å². The highest BCUT2D eigenvalue weighted by Crippen LogP contribution is 2.21. The SMILES string of the molecule is Cc1cnc(-c2cccc(C(=O)NC3CCNC3=O)c2)nc1N(C)C. The first-order chi connectivity index (χ1) is 12.0. The molecule has 2 heterocycles. The van der Waals surface area contributed by atoms with E-state index in [4.69, 9.17) is 0 Å². The average molecular weight is 339 g/mol. The minimum absolute atomic E-state index is 0.137. The highest BCUT2D eigenvalue weighted by Gasteiger charge is 2.26. The maximum Gasteiger partial charge on any atom is 0.251 e. The molecular weight excluding hydrogens is 318 g/mol. The van der Waals surface area contributed by atoms with Crippen LogP contribution in [0, 0.1) is 6.92 Å². The summed E-state index contributed by atoms with van der Waals surface area (Å²) >= 11 is 0. The van der Waals surface area contributed by atoms with Crippen LogP contribution in [0.5, 0.6) is 0 Å². The van der Waals surface area contributed by atoms with Crippen LogP contribution in [-0.4, -0.2) is 48.5 Å². The van der Waals surface area contributed by atoms with E-state index in [2.05, 4.69) is 20.6 Å². The van der Waals surface area contributed by atoms with Gasteiger partial charge in [0.25, 0.3) is 5.91 Å². The highest BCUT2D eigenvalue weighted by atomic mass is 16.2. The van der Waals surface area contributed by atoms with Crippen molar-refractivity contribution < 1.29 is 9.59 Å². The lowest BCUT2D eigenvalue weighted by atomic mass is 10.1. The van der Waals surface area contributed by atoms with Crippen molar-refractivity contribution in [2.75, 3.05) is 25.5 Å². The topological polar surface area (TPSA) is 87.2 Å². The van der Waals surface area contributed by atoms with Crippen LogP contribution in [0.4, 0.5) is 5.82 Å². The highest BCUT2D eigenvalue weighted by molar-refractivity contribution is 5.98. The standard InChI is InChI=1S/C18H21N5O2/c1-11-10-20-15(22-16(11)23(2)3)12-5-4-6-13(9-12)17(24)21-14-7-8-19-18(14)25/h4-6,9-10,14H,7-8H2,1-3H3,(H,19,25)(H,21,24). The van der Waals surface area contributed by atoms with Gasteiger partial charge in [-0.05, 0) is 25.5 Å². The number of aromatic nitrogens is 2. The Bertz CT molecular complexity index is 819. The van der Waals surface area contributed by atoms with Gasteiger partial charge in [0, 0.05) is 43.5 Å². The van der Waals surface area contributed by atoms with Gasteiger partial charge in [-0.15, -0.1) is 0 Å². The van der Waals surface area contributed by atoms with Crippen molar-refractivity contribution in [2.45, 2.75) is 19.4 Å². The number of nitrogens with zero attached hydrogens (tertiary/aromatic N) is 3. The zero-order valence-electron chi connectivity index (χ0n) is 14.5. The van der Waals surface area contributed by atoms with Gasteiger partial charge in [0.2, 0.25) is 5.91 Å². The van der Waals surface area contributed by atoms with Crippen molar-refractivity contribution in [3.05, 3.63) is 41.6 Å². The Morgan fingerprint density at radius 1 is 1.36 bits per heavy atom. The van der Waals surface area contributed by atoms with Crippen LogP contribution in [0.2, 0.25) is 0 Å². The second-order valence-corrected chi connectivity index (χ2v) is 6.28. The lowest BCUT2D eigenvalue weighted by Gasteiger charge is -2.15. The molecule has 1 fully saturated rings. The summed E-state index contributed by atoms with van der Waals surface area (Å²) in [5, 5.41) is 5.47. The molecular formula is C18H21N5O2. The number of nitrogens with one attached hydrogen (secondary N) is 2. The zero-order chi connectivity index (χ0) is 18.0. The molecule has 0 bridgehead atoms. The molecule has 2 amide bonds. The minimum Gasteiger partial charge on any atom is -0.362 e. The number of benzene rings is 1. The second-order valence-electron chi connectivity index (χ2n) is 6.28. The number of rotatable bonds is 4. The second kappa shape index (κ2) is 6.88. The van der Waals surface area contributed by atoms with Crippen LogP contribution in [-0.2, 0) is 4.79 Å². The number of carbonyl (C=O) groups excluding carboxylic acids is 2. The van der Waals surface area contributed by atoms with Crippen molar-refractivity contribution in [1.29, 1.82) is 0 Å². The average Bonchev–Trinajstić information content (AvgIpc) is 3.00. The third-order valence-electron chi connectivity index (χ3n) is 4.11. The molecule has 1 aromatic carbocycles. The van der Waals surface area contributed by atoms with E-state index in [0.29, 0.717) is 24.4 Å². The summed E-state index contributed by atoms with van der Waals surface area (Å²) in [5.41, 5.74) is 2.22. The molecule has 1 saturated heterocycles. The monoisotopic (exact) mass is 339 g/mol. The van der Waals surface area contributed by atoms with E-state index in [1.54, 1.807) is 24.4 Å². The molecule has 25 heavy (non-hydrogen) atoms. The van der Waals surface area contributed by atoms with Gasteiger partial charge in [0.15, 0.2) is 5.82 Å². The fraction of sp³-hybridized carbons (Fsp3) is 0.333. The molecule has 2 N–H and O–H groups in total. The normalized spacial score (nSPS) is 16.4. The third-order valence-corrected chi connectivity index (χ3v) is 4.11. The summed E-state index contributed by atoms with van der Waals surface area (Å²) in [4.78, 5) is 34.9. The number of carbonyl (C=O) groups is 2. The number of amides is 2. The Balaban J connectivity index is 1.85. The molecule has 0 aliphatic carbocycles. The summed E-state index contributed by atoms with van der Waals surface area (Å²) in [5.74, 6) is 0.982. The van der Waals surface area contributed by atoms with E-state index in [1.165, 1.54) is 0 Å². The Morgan fingerprint density at radius 3 is 2.84 bits per heavy atom. The van der Waals surface area contributed by atoms with Gasteiger partial charge in [-0.1, -0.05) is 12.1 Å². The Morgan fingerprint density at radius 2 is 2.16 bits per heavy atom. The summed E-state index contributed by atoms with van der Waals surface area (Å²) < 4.78 is 0. The Kier molecular flexibility index (Phi) is 4.65. The lowest BCUT2D eigenvalue weighted by Crippen LogP contribution is -2.40. The molecule has 1 atom stereocenters. The smallest absolute Gasteiger partial charge is 0.251 e. The fourth-order valence-electron chi connectivity index (χ4n) is 2.80. The van der Waals surface area contributed by atoms with E-state index in [0.717, 1.165) is 16.9 Å². The van der Waals surface area contributed by atoms with Crippen molar-refractivity contribution in [1.82, 2.24) is 20.6 Å². The molecule has 0 spiro atoms. The van der Waals surface area contributed by atoms with Crippen LogP contribution in [0.3, 0.4) is 0 Å². The first-order valence-corrected chi connectivity index (χ1v) is 8.15. The lowest BCUT2D eigenvalue weighted by molar-refractivity contribution is -0.120. The van der Waals surface area contributed by atoms with E-state index in [-0.39, 0.29) is 11.8 Å². The van der Waals surface area contributed by atoms with Crippen molar-refractivity contribution in [3.8, 4) is 11.4 Å². The van der Waals surface area contributed by atoms with E-state index in [9.17, 15) is 9.59 Å². The summed E-state index contributed by atoms with van der Waals surface area (Å²) in [6.07, 6.45) is 2.38. The minimum atomic E-state index is -0.466. The molecule has 1 aromatic heterocycles. The van der Waals surface area contributed by atoms with Crippen LogP contribution in [0.1, 0.15) is 22.3 Å². The van der Waals surface area contributed by atoms with E-state index >= 15 is 0 Å². The molecule has 7 nitrogen and oxygen atoms in total. The van der Waals surface area contributed by atoms with Crippen molar-refractivity contribution >= 4 is 17.6 Å². The molecule has 1 aliphatic heterocycles. The van der Waals surface area contributed by atoms with Gasteiger partial charge in [-0.3, -0.25) is 9.59 Å². The predicted molar refractivity (Wildman–Crippen MR) is 95.4 cm³/mol. The number of hydrogen-bond donors (Lipinski definition) is 2. The largest absolute Gasteiger partial charge is 0.362 e. The van der Waals surface area contributed by atoms with Gasteiger partial charge in [-0.25, -0.2) is 9.97 Å². The zero-order valence-corrected chi connectivity index (χ0v) is 14.5. The van der Waals surface area contributed by atoms with Crippen molar-refractivity contribution in [2.24, 2.45) is 0 Å². The molecule has 0 saturated carbocycles. The quantitative estimate of drug-likeness (QED) is 0.872. The summed E-state index contributed by atoms with van der Waals surface area (Å²) in [6, 6.07) is 6.65. The first-order valence-electron chi connectivity index (χ1n) is 8.15. The molecule has 0 radical (unpaired) electrons. The first kappa shape index (κ1) is 16.9. The van der Waals surface area contributed by atoms with Gasteiger partial charge >= 0.3 is 0 Å². The third kappa shape index (κ3) is 3.60. The molecule has 3 rings (SSSR count). The molecule has 7 heteroatoms. The van der Waals surface area contributed by atoms with Crippen molar-refractivity contribution in [3.63, 3.8) is 0 Å². The van der Waals surface area contributed by atoms with Gasteiger partial charge < -0.3 is 15.5 Å². The van der Waals surface area contributed by atoms with E-state index < -0.39 is 6.04 Å². The predicted octanol–water partition coefficient (Wildman–Crippen LogP) is 1.14. The maximum absolute atomic E-state index is 12.4.